The van der Waals surface area contributed by atoms with Crippen LogP contribution >= 0.6 is 0 Å². The van der Waals surface area contributed by atoms with Gasteiger partial charge in [-0.25, -0.2) is 0 Å². The number of hydrogen-bond donors (Lipinski definition) is 1. The Labute approximate surface area is 164 Å². The van der Waals surface area contributed by atoms with Crippen LogP contribution in [0.25, 0.3) is 0 Å². The molecule has 1 aromatic carbocycles. The van der Waals surface area contributed by atoms with Crippen molar-refractivity contribution in [3.8, 4) is 0 Å². The molecule has 1 unspecified atom stereocenters. The molecule has 1 aromatic rings. The minimum atomic E-state index is -4.35. The number of amides is 1. The lowest BCUT2D eigenvalue weighted by atomic mass is 10.0. The van der Waals surface area contributed by atoms with Crippen LogP contribution in [0, 0.1) is 5.92 Å². The van der Waals surface area contributed by atoms with Crippen molar-refractivity contribution in [2.45, 2.75) is 50.7 Å². The normalized spacial score (nSPS) is 20.2. The van der Waals surface area contributed by atoms with Crippen LogP contribution in [0.3, 0.4) is 0 Å². The third-order valence-electron chi connectivity index (χ3n) is 5.86. The number of ether oxygens (including phenoxy) is 1. The predicted molar refractivity (Wildman–Crippen MR) is 101 cm³/mol. The summed E-state index contributed by atoms with van der Waals surface area (Å²) in [5, 5.41) is 3.00. The molecule has 0 radical (unpaired) electrons. The molecule has 1 saturated heterocycles. The molecule has 28 heavy (non-hydrogen) atoms. The summed E-state index contributed by atoms with van der Waals surface area (Å²) in [7, 11) is 0. The summed E-state index contributed by atoms with van der Waals surface area (Å²) in [6.07, 6.45) is 2.06. The van der Waals surface area contributed by atoms with Crippen molar-refractivity contribution in [1.29, 1.82) is 0 Å². The van der Waals surface area contributed by atoms with Gasteiger partial charge in [0.15, 0.2) is 0 Å². The first-order chi connectivity index (χ1) is 13.4. The fourth-order valence-electron chi connectivity index (χ4n) is 4.17. The summed E-state index contributed by atoms with van der Waals surface area (Å²) in [4.78, 5) is 14.5. The molecule has 1 aliphatic carbocycles. The maximum absolute atomic E-state index is 12.9. The van der Waals surface area contributed by atoms with Gasteiger partial charge in [0.1, 0.15) is 0 Å². The number of carbonyl (C=O) groups excluding carboxylic acids is 1. The number of carbonyl (C=O) groups is 1. The largest absolute Gasteiger partial charge is 0.416 e. The van der Waals surface area contributed by atoms with E-state index in [1.165, 1.54) is 37.8 Å². The van der Waals surface area contributed by atoms with E-state index in [2.05, 4.69) is 10.2 Å². The number of morpholine rings is 1. The van der Waals surface area contributed by atoms with Crippen LogP contribution in [-0.2, 0) is 15.7 Å². The zero-order valence-corrected chi connectivity index (χ0v) is 16.1. The minimum absolute atomic E-state index is 0.0251. The fraction of sp³-hybridized carbons (Fsp3) is 0.667. The Bertz CT molecular complexity index is 622. The van der Waals surface area contributed by atoms with Crippen LogP contribution in [0.4, 0.5) is 13.2 Å². The molecule has 2 fully saturated rings. The van der Waals surface area contributed by atoms with E-state index in [0.717, 1.165) is 24.1 Å². The van der Waals surface area contributed by atoms with E-state index in [0.29, 0.717) is 45.2 Å². The molecule has 1 heterocycles. The van der Waals surface area contributed by atoms with Crippen LogP contribution in [0.1, 0.15) is 55.7 Å². The third kappa shape index (κ3) is 5.95. The second-order valence-electron chi connectivity index (χ2n) is 7.78. The van der Waals surface area contributed by atoms with Crippen LogP contribution in [-0.4, -0.2) is 43.7 Å². The highest BCUT2D eigenvalue weighted by Crippen LogP contribution is 2.31. The highest BCUT2D eigenvalue weighted by atomic mass is 19.4. The Hall–Kier alpha value is -1.60. The Morgan fingerprint density at radius 3 is 2.39 bits per heavy atom. The van der Waals surface area contributed by atoms with Crippen molar-refractivity contribution >= 4 is 5.91 Å². The maximum Gasteiger partial charge on any atom is 0.416 e. The first-order valence-corrected chi connectivity index (χ1v) is 10.2. The first-order valence-electron chi connectivity index (χ1n) is 10.2. The molecule has 1 saturated carbocycles. The van der Waals surface area contributed by atoms with Gasteiger partial charge in [0, 0.05) is 26.1 Å². The first kappa shape index (κ1) is 21.1. The van der Waals surface area contributed by atoms with Gasteiger partial charge in [0.2, 0.25) is 5.91 Å². The average molecular weight is 398 g/mol. The SMILES string of the molecule is O=C(CCC1CCCC1)NCC(c1ccc(C(F)(F)F)cc1)N1CCOCC1. The molecule has 2 aliphatic rings. The number of rotatable bonds is 7. The molecular formula is C21H29F3N2O2. The Morgan fingerprint density at radius 2 is 1.79 bits per heavy atom. The lowest BCUT2D eigenvalue weighted by molar-refractivity contribution is -0.137. The summed E-state index contributed by atoms with van der Waals surface area (Å²) in [6, 6.07) is 5.12. The van der Waals surface area contributed by atoms with Crippen LogP contribution < -0.4 is 5.32 Å². The summed E-state index contributed by atoms with van der Waals surface area (Å²) in [5.41, 5.74) is 0.128. The van der Waals surface area contributed by atoms with Crippen molar-refractivity contribution in [3.63, 3.8) is 0 Å². The number of halogens is 3. The lowest BCUT2D eigenvalue weighted by Gasteiger charge is -2.35. The molecule has 0 aromatic heterocycles. The molecular weight excluding hydrogens is 369 g/mol. The van der Waals surface area contributed by atoms with Gasteiger partial charge in [0.05, 0.1) is 24.8 Å². The van der Waals surface area contributed by atoms with Crippen molar-refractivity contribution in [1.82, 2.24) is 10.2 Å². The second kappa shape index (κ2) is 9.74. The van der Waals surface area contributed by atoms with E-state index < -0.39 is 11.7 Å². The van der Waals surface area contributed by atoms with Gasteiger partial charge in [-0.1, -0.05) is 37.8 Å². The summed E-state index contributed by atoms with van der Waals surface area (Å²) < 4.78 is 44.0. The zero-order valence-electron chi connectivity index (χ0n) is 16.1. The Balaban J connectivity index is 1.60. The van der Waals surface area contributed by atoms with E-state index in [1.54, 1.807) is 0 Å². The average Bonchev–Trinajstić information content (AvgIpc) is 3.21. The molecule has 1 N–H and O–H groups in total. The molecule has 1 amide bonds. The highest BCUT2D eigenvalue weighted by Gasteiger charge is 2.31. The van der Waals surface area contributed by atoms with E-state index in [9.17, 15) is 18.0 Å². The van der Waals surface area contributed by atoms with Gasteiger partial charge in [-0.05, 0) is 30.0 Å². The molecule has 156 valence electrons. The standard InChI is InChI=1S/C21H29F3N2O2/c22-21(23,24)18-8-6-17(7-9-18)19(26-11-13-28-14-12-26)15-25-20(27)10-5-16-3-1-2-4-16/h6-9,16,19H,1-5,10-15H2,(H,25,27). The monoisotopic (exact) mass is 398 g/mol. The number of nitrogens with zero attached hydrogens (tertiary/aromatic N) is 1. The molecule has 4 nitrogen and oxygen atoms in total. The number of hydrogen-bond acceptors (Lipinski definition) is 3. The predicted octanol–water partition coefficient (Wildman–Crippen LogP) is 4.17. The van der Waals surface area contributed by atoms with Crippen molar-refractivity contribution in [2.75, 3.05) is 32.8 Å². The fourth-order valence-corrected chi connectivity index (χ4v) is 4.17. The summed E-state index contributed by atoms with van der Waals surface area (Å²) in [6.45, 7) is 2.97. The van der Waals surface area contributed by atoms with E-state index >= 15 is 0 Å². The summed E-state index contributed by atoms with van der Waals surface area (Å²) in [5.74, 6) is 0.688. The molecule has 1 atom stereocenters. The lowest BCUT2D eigenvalue weighted by Crippen LogP contribution is -2.43. The van der Waals surface area contributed by atoms with Crippen LogP contribution in [0.15, 0.2) is 24.3 Å². The van der Waals surface area contributed by atoms with Crippen LogP contribution in [0.2, 0.25) is 0 Å². The van der Waals surface area contributed by atoms with E-state index in [-0.39, 0.29) is 11.9 Å². The molecule has 3 rings (SSSR count). The smallest absolute Gasteiger partial charge is 0.379 e. The number of alkyl halides is 3. The minimum Gasteiger partial charge on any atom is -0.379 e. The van der Waals surface area contributed by atoms with Gasteiger partial charge in [-0.3, -0.25) is 9.69 Å². The van der Waals surface area contributed by atoms with Gasteiger partial charge >= 0.3 is 6.18 Å². The quantitative estimate of drug-likeness (QED) is 0.750. The van der Waals surface area contributed by atoms with Crippen molar-refractivity contribution < 1.29 is 22.7 Å². The van der Waals surface area contributed by atoms with Crippen molar-refractivity contribution in [3.05, 3.63) is 35.4 Å². The topological polar surface area (TPSA) is 41.6 Å². The molecule has 0 bridgehead atoms. The van der Waals surface area contributed by atoms with Crippen molar-refractivity contribution in [2.24, 2.45) is 5.92 Å². The molecule has 7 heteroatoms. The zero-order chi connectivity index (χ0) is 20.0. The summed E-state index contributed by atoms with van der Waals surface area (Å²) >= 11 is 0. The Kier molecular flexibility index (Phi) is 7.35. The van der Waals surface area contributed by atoms with Gasteiger partial charge in [-0.15, -0.1) is 0 Å². The second-order valence-corrected chi connectivity index (χ2v) is 7.78. The van der Waals surface area contributed by atoms with Gasteiger partial charge in [-0.2, -0.15) is 13.2 Å². The molecule has 0 spiro atoms. The third-order valence-corrected chi connectivity index (χ3v) is 5.86. The highest BCUT2D eigenvalue weighted by molar-refractivity contribution is 5.75. The van der Waals surface area contributed by atoms with Crippen LogP contribution in [0.5, 0.6) is 0 Å². The van der Waals surface area contributed by atoms with E-state index in [1.807, 2.05) is 0 Å². The van der Waals surface area contributed by atoms with Gasteiger partial charge in [0.25, 0.3) is 0 Å². The molecule has 1 aliphatic heterocycles. The van der Waals surface area contributed by atoms with Gasteiger partial charge < -0.3 is 10.1 Å². The van der Waals surface area contributed by atoms with E-state index in [4.69, 9.17) is 4.74 Å². The maximum atomic E-state index is 12.9. The number of nitrogens with one attached hydrogen (secondary N) is 1. The Morgan fingerprint density at radius 1 is 1.14 bits per heavy atom. The number of benzene rings is 1.